The molecule has 0 radical (unpaired) electrons. The van der Waals surface area contributed by atoms with E-state index in [1.807, 2.05) is 0 Å². The second kappa shape index (κ2) is 14.0. The van der Waals surface area contributed by atoms with Crippen LogP contribution in [0.5, 0.6) is 5.75 Å². The number of unbranched alkanes of at least 4 members (excludes halogenated alkanes) is 13. The third-order valence-corrected chi connectivity index (χ3v) is 8.82. The fourth-order valence-electron chi connectivity index (χ4n) is 6.61. The van der Waals surface area contributed by atoms with Crippen LogP contribution >= 0.6 is 0 Å². The maximum Gasteiger partial charge on any atom is 0.270 e. The maximum absolute atomic E-state index is 11.3. The van der Waals surface area contributed by atoms with Gasteiger partial charge in [-0.05, 0) is 42.7 Å². The van der Waals surface area contributed by atoms with Crippen molar-refractivity contribution in [2.24, 2.45) is 0 Å². The number of para-hydroxylation sites is 1. The molecule has 2 aliphatic heterocycles. The van der Waals surface area contributed by atoms with E-state index in [2.05, 4.69) is 56.0 Å². The van der Waals surface area contributed by atoms with Gasteiger partial charge in [0.05, 0.1) is 4.92 Å². The highest BCUT2D eigenvalue weighted by Crippen LogP contribution is 2.54. The van der Waals surface area contributed by atoms with Crippen molar-refractivity contribution in [3.05, 3.63) is 69.3 Å². The van der Waals surface area contributed by atoms with Crippen LogP contribution in [-0.4, -0.2) is 17.2 Å². The summed E-state index contributed by atoms with van der Waals surface area (Å²) in [5, 5.41) is 11.3. The molecule has 0 saturated carbocycles. The number of ether oxygens (including phenoxy) is 1. The van der Waals surface area contributed by atoms with Gasteiger partial charge in [-0.3, -0.25) is 10.1 Å². The third kappa shape index (κ3) is 6.67. The normalized spacial score (nSPS) is 19.5. The van der Waals surface area contributed by atoms with Crippen LogP contribution in [0.15, 0.2) is 48.0 Å². The predicted molar refractivity (Wildman–Crippen MR) is 163 cm³/mol. The number of hydrogen-bond acceptors (Lipinski definition) is 4. The van der Waals surface area contributed by atoms with Gasteiger partial charge < -0.3 is 9.64 Å². The molecule has 39 heavy (non-hydrogen) atoms. The summed E-state index contributed by atoms with van der Waals surface area (Å²) in [5.41, 5.74) is 3.94. The highest BCUT2D eigenvalue weighted by atomic mass is 16.6. The summed E-state index contributed by atoms with van der Waals surface area (Å²) in [6.45, 7) is 7.58. The van der Waals surface area contributed by atoms with Gasteiger partial charge in [0.15, 0.2) is 0 Å². The van der Waals surface area contributed by atoms with Gasteiger partial charge in [-0.1, -0.05) is 116 Å². The molecule has 0 bridgehead atoms. The van der Waals surface area contributed by atoms with Crippen LogP contribution in [0.2, 0.25) is 0 Å². The van der Waals surface area contributed by atoms with E-state index in [1.54, 1.807) is 18.2 Å². The number of fused-ring (bicyclic) bond motifs is 2. The van der Waals surface area contributed by atoms with Crippen LogP contribution in [0.1, 0.15) is 128 Å². The predicted octanol–water partition coefficient (Wildman–Crippen LogP) is 10.2. The summed E-state index contributed by atoms with van der Waals surface area (Å²) < 4.78 is 6.84. The van der Waals surface area contributed by atoms with E-state index >= 15 is 0 Å². The molecule has 0 saturated heterocycles. The van der Waals surface area contributed by atoms with Gasteiger partial charge in [-0.25, -0.2) is 0 Å². The summed E-state index contributed by atoms with van der Waals surface area (Å²) >= 11 is 0. The SMILES string of the molecule is CCCCCCCCCCCCCCCCN1c2ccccc2C(C)C12Oc1ccc([N+](=O)[O-])cc1C=C2C. The van der Waals surface area contributed by atoms with Crippen LogP contribution < -0.4 is 9.64 Å². The molecule has 5 heteroatoms. The average Bonchev–Trinajstić information content (AvgIpc) is 3.17. The zero-order valence-electron chi connectivity index (χ0n) is 24.4. The molecular weight excluding hydrogens is 484 g/mol. The van der Waals surface area contributed by atoms with E-state index in [1.165, 1.54) is 94.7 Å². The first kappa shape index (κ1) is 29.2. The van der Waals surface area contributed by atoms with E-state index in [0.717, 1.165) is 29.9 Å². The molecule has 2 aromatic rings. The van der Waals surface area contributed by atoms with Gasteiger partial charge in [0.2, 0.25) is 5.72 Å². The van der Waals surface area contributed by atoms with Crippen LogP contribution in [0, 0.1) is 10.1 Å². The molecule has 2 atom stereocenters. The van der Waals surface area contributed by atoms with E-state index in [-0.39, 0.29) is 16.5 Å². The molecule has 2 unspecified atom stereocenters. The second-order valence-electron chi connectivity index (χ2n) is 11.6. The number of hydrogen-bond donors (Lipinski definition) is 0. The molecule has 1 spiro atoms. The largest absolute Gasteiger partial charge is 0.463 e. The van der Waals surface area contributed by atoms with Crippen molar-refractivity contribution in [1.82, 2.24) is 0 Å². The number of non-ortho nitro benzene ring substituents is 1. The Bertz CT molecular complexity index is 1130. The fourth-order valence-corrected chi connectivity index (χ4v) is 6.61. The van der Waals surface area contributed by atoms with Gasteiger partial charge in [0.25, 0.3) is 5.69 Å². The summed E-state index contributed by atoms with van der Waals surface area (Å²) in [7, 11) is 0. The molecule has 0 N–H and O–H groups in total. The fraction of sp³-hybridized carbons (Fsp3) is 0.588. The van der Waals surface area contributed by atoms with Crippen LogP contribution in [0.4, 0.5) is 11.4 Å². The van der Waals surface area contributed by atoms with Crippen molar-refractivity contribution < 1.29 is 9.66 Å². The van der Waals surface area contributed by atoms with Gasteiger partial charge in [-0.15, -0.1) is 0 Å². The lowest BCUT2D eigenvalue weighted by Gasteiger charge is -2.46. The molecule has 212 valence electrons. The van der Waals surface area contributed by atoms with Crippen molar-refractivity contribution >= 4 is 17.5 Å². The minimum Gasteiger partial charge on any atom is -0.463 e. The summed E-state index contributed by atoms with van der Waals surface area (Å²) in [4.78, 5) is 13.4. The van der Waals surface area contributed by atoms with E-state index in [4.69, 9.17) is 4.74 Å². The molecule has 0 aromatic heterocycles. The zero-order valence-corrected chi connectivity index (χ0v) is 24.4. The monoisotopic (exact) mass is 532 g/mol. The first-order valence-electron chi connectivity index (χ1n) is 15.5. The lowest BCUT2D eigenvalue weighted by molar-refractivity contribution is -0.384. The van der Waals surface area contributed by atoms with Crippen molar-refractivity contribution in [3.8, 4) is 5.75 Å². The average molecular weight is 533 g/mol. The summed E-state index contributed by atoms with van der Waals surface area (Å²) in [6.07, 6.45) is 21.0. The number of nitrogens with zero attached hydrogens (tertiary/aromatic N) is 2. The number of benzene rings is 2. The molecule has 0 aliphatic carbocycles. The Morgan fingerprint density at radius 3 is 2.08 bits per heavy atom. The Morgan fingerprint density at radius 2 is 1.46 bits per heavy atom. The Balaban J connectivity index is 1.29. The highest BCUT2D eigenvalue weighted by Gasteiger charge is 2.54. The van der Waals surface area contributed by atoms with E-state index in [9.17, 15) is 10.1 Å². The lowest BCUT2D eigenvalue weighted by atomic mass is 9.85. The zero-order chi connectivity index (χ0) is 27.7. The van der Waals surface area contributed by atoms with E-state index < -0.39 is 5.72 Å². The molecule has 5 nitrogen and oxygen atoms in total. The Morgan fingerprint density at radius 1 is 0.872 bits per heavy atom. The highest BCUT2D eigenvalue weighted by molar-refractivity contribution is 5.73. The Labute approximate surface area is 235 Å². The standard InChI is InChI=1S/C34H48N2O3/c1-4-5-6-7-8-9-10-11-12-13-14-15-16-19-24-35-32-21-18-17-20-31(32)28(3)34(35)27(2)25-29-26-30(36(37)38)22-23-33(29)39-34/h17-18,20-23,25-26,28H,4-16,19,24H2,1-3H3. The summed E-state index contributed by atoms with van der Waals surface area (Å²) in [5.74, 6) is 0.872. The smallest absolute Gasteiger partial charge is 0.270 e. The summed E-state index contributed by atoms with van der Waals surface area (Å²) in [6, 6.07) is 13.6. The number of rotatable bonds is 16. The van der Waals surface area contributed by atoms with Crippen molar-refractivity contribution in [2.45, 2.75) is 122 Å². The quantitative estimate of drug-likeness (QED) is 0.123. The van der Waals surface area contributed by atoms with Crippen LogP contribution in [0.3, 0.4) is 0 Å². The number of nitro groups is 1. The van der Waals surface area contributed by atoms with Crippen LogP contribution in [-0.2, 0) is 0 Å². The van der Waals surface area contributed by atoms with Gasteiger partial charge in [-0.2, -0.15) is 0 Å². The first-order valence-corrected chi connectivity index (χ1v) is 15.5. The Kier molecular flexibility index (Phi) is 10.5. The lowest BCUT2D eigenvalue weighted by Crippen LogP contribution is -2.55. The van der Waals surface area contributed by atoms with Gasteiger partial charge in [0.1, 0.15) is 5.75 Å². The maximum atomic E-state index is 11.3. The topological polar surface area (TPSA) is 55.6 Å². The molecule has 2 heterocycles. The molecule has 0 fully saturated rings. The van der Waals surface area contributed by atoms with Crippen molar-refractivity contribution in [3.63, 3.8) is 0 Å². The minimum atomic E-state index is -0.594. The molecular formula is C34H48N2O3. The van der Waals surface area contributed by atoms with Gasteiger partial charge in [0, 0.05) is 35.8 Å². The van der Waals surface area contributed by atoms with Gasteiger partial charge >= 0.3 is 0 Å². The molecule has 2 aliphatic rings. The van der Waals surface area contributed by atoms with E-state index in [0.29, 0.717) is 0 Å². The first-order chi connectivity index (χ1) is 19.0. The molecule has 2 aromatic carbocycles. The third-order valence-electron chi connectivity index (χ3n) is 8.82. The number of anilines is 1. The Hall–Kier alpha value is -2.82. The second-order valence-corrected chi connectivity index (χ2v) is 11.6. The van der Waals surface area contributed by atoms with Crippen molar-refractivity contribution in [2.75, 3.05) is 11.4 Å². The molecule has 4 rings (SSSR count). The minimum absolute atomic E-state index is 0.0966. The number of nitro benzene ring substituents is 1. The van der Waals surface area contributed by atoms with Crippen LogP contribution in [0.25, 0.3) is 6.08 Å². The van der Waals surface area contributed by atoms with Crippen molar-refractivity contribution in [1.29, 1.82) is 0 Å². The molecule has 0 amide bonds.